The van der Waals surface area contributed by atoms with Crippen molar-refractivity contribution in [3.8, 4) is 5.75 Å². The molecule has 3 heterocycles. The summed E-state index contributed by atoms with van der Waals surface area (Å²) in [6.45, 7) is 7.20. The molecule has 272 valence electrons. The van der Waals surface area contributed by atoms with Gasteiger partial charge in [-0.15, -0.1) is 0 Å². The summed E-state index contributed by atoms with van der Waals surface area (Å²) in [7, 11) is -4.00. The number of hydrogen-bond donors (Lipinski definition) is 2. The standard InChI is InChI=1S/C38H50ClN3O7S/c1-25-5-3-14-38(45,21-35(43)41-15-17-48-18-16-41)32-10-7-29(32)22-42-23-37(13-4-6-27-19-30(39)9-11-31(27)37)24-49-34-12-8-28(20-33(34)42)36(44)40-50(46,47)26(25)2/h8-9,11-12,19-20,25-26,29,32,45H,3-7,10,13-18,21-24H2,1-2H3,(H,40,44)/t25-,26+,29-,32+,37-,38+/m0/s1. The van der Waals surface area contributed by atoms with Gasteiger partial charge in [-0.25, -0.2) is 13.1 Å². The monoisotopic (exact) mass is 727 g/mol. The number of morpholine rings is 1. The number of ether oxygens (including phenoxy) is 2. The Balaban J connectivity index is 1.28. The molecule has 2 amide bonds. The smallest absolute Gasteiger partial charge is 0.264 e. The lowest BCUT2D eigenvalue weighted by molar-refractivity contribution is -0.149. The van der Waals surface area contributed by atoms with E-state index in [4.69, 9.17) is 21.1 Å². The number of hydrogen-bond acceptors (Lipinski definition) is 8. The number of nitrogens with one attached hydrogen (secondary N) is 1. The van der Waals surface area contributed by atoms with Crippen molar-refractivity contribution in [3.63, 3.8) is 0 Å². The minimum absolute atomic E-state index is 0.0361. The number of rotatable bonds is 2. The van der Waals surface area contributed by atoms with Crippen molar-refractivity contribution in [2.75, 3.05) is 50.9 Å². The fraction of sp³-hybridized carbons (Fsp3) is 0.632. The van der Waals surface area contributed by atoms with E-state index in [0.29, 0.717) is 76.0 Å². The van der Waals surface area contributed by atoms with Crippen LogP contribution in [0, 0.1) is 17.8 Å². The molecular weight excluding hydrogens is 678 g/mol. The van der Waals surface area contributed by atoms with Crippen LogP contribution in [0.5, 0.6) is 5.75 Å². The highest BCUT2D eigenvalue weighted by Crippen LogP contribution is 2.50. The molecule has 2 aromatic rings. The predicted molar refractivity (Wildman–Crippen MR) is 192 cm³/mol. The minimum Gasteiger partial charge on any atom is -0.490 e. The van der Waals surface area contributed by atoms with Crippen molar-refractivity contribution >= 4 is 39.1 Å². The molecule has 2 aliphatic carbocycles. The van der Waals surface area contributed by atoms with Gasteiger partial charge in [-0.1, -0.05) is 31.0 Å². The lowest BCUT2D eigenvalue weighted by Crippen LogP contribution is -2.55. The zero-order valence-electron chi connectivity index (χ0n) is 29.2. The molecule has 0 aromatic heterocycles. The topological polar surface area (TPSA) is 125 Å². The summed E-state index contributed by atoms with van der Waals surface area (Å²) < 4.78 is 41.4. The molecule has 2 bridgehead atoms. The maximum Gasteiger partial charge on any atom is 0.264 e. The van der Waals surface area contributed by atoms with Crippen LogP contribution in [0.2, 0.25) is 5.02 Å². The van der Waals surface area contributed by atoms with Gasteiger partial charge in [0.1, 0.15) is 5.75 Å². The Morgan fingerprint density at radius 3 is 2.62 bits per heavy atom. The quantitative estimate of drug-likeness (QED) is 0.439. The van der Waals surface area contributed by atoms with Crippen LogP contribution in [0.3, 0.4) is 0 Å². The van der Waals surface area contributed by atoms with E-state index in [1.165, 1.54) is 11.1 Å². The van der Waals surface area contributed by atoms with Gasteiger partial charge < -0.3 is 24.4 Å². The van der Waals surface area contributed by atoms with E-state index in [9.17, 15) is 23.1 Å². The van der Waals surface area contributed by atoms with Crippen LogP contribution in [0.25, 0.3) is 0 Å². The molecule has 0 unspecified atom stereocenters. The Labute approximate surface area is 300 Å². The van der Waals surface area contributed by atoms with Gasteiger partial charge in [0.25, 0.3) is 5.91 Å². The van der Waals surface area contributed by atoms with Crippen LogP contribution in [-0.4, -0.2) is 87.1 Å². The highest BCUT2D eigenvalue weighted by molar-refractivity contribution is 7.90. The Kier molecular flexibility index (Phi) is 9.90. The van der Waals surface area contributed by atoms with Crippen molar-refractivity contribution in [1.82, 2.24) is 9.62 Å². The normalized spacial score (nSPS) is 32.8. The second kappa shape index (κ2) is 13.9. The summed E-state index contributed by atoms with van der Waals surface area (Å²) in [6, 6.07) is 11.3. The molecule has 1 saturated heterocycles. The van der Waals surface area contributed by atoms with Gasteiger partial charge in [0, 0.05) is 42.2 Å². The number of amides is 2. The molecule has 5 aliphatic rings. The zero-order valence-corrected chi connectivity index (χ0v) is 30.7. The highest BCUT2D eigenvalue weighted by Gasteiger charge is 2.50. The van der Waals surface area contributed by atoms with E-state index in [1.807, 2.05) is 13.0 Å². The first-order valence-electron chi connectivity index (χ1n) is 18.3. The third kappa shape index (κ3) is 6.87. The summed E-state index contributed by atoms with van der Waals surface area (Å²) >= 11 is 6.45. The predicted octanol–water partition coefficient (Wildman–Crippen LogP) is 5.09. The molecule has 1 spiro atoms. The third-order valence-electron chi connectivity index (χ3n) is 12.5. The number of carbonyl (C=O) groups is 2. The average molecular weight is 728 g/mol. The molecule has 12 heteroatoms. The summed E-state index contributed by atoms with van der Waals surface area (Å²) in [5.74, 6) is -0.352. The largest absolute Gasteiger partial charge is 0.490 e. The van der Waals surface area contributed by atoms with Crippen LogP contribution in [0.1, 0.15) is 86.7 Å². The molecule has 50 heavy (non-hydrogen) atoms. The van der Waals surface area contributed by atoms with Gasteiger partial charge in [0.2, 0.25) is 15.9 Å². The molecule has 3 aliphatic heterocycles. The van der Waals surface area contributed by atoms with Crippen molar-refractivity contribution in [2.24, 2.45) is 17.8 Å². The number of benzene rings is 2. The van der Waals surface area contributed by atoms with Gasteiger partial charge in [0.05, 0.1) is 42.8 Å². The lowest BCUT2D eigenvalue weighted by atomic mass is 9.61. The number of aryl methyl sites for hydroxylation is 1. The zero-order chi connectivity index (χ0) is 35.3. The molecular formula is C38H50ClN3O7S. The SMILES string of the molecule is C[C@@H]1[C@@H](C)CCC[C@@](O)(CC(=O)N2CCOCC2)[C@@H]2CC[C@H]2CN2C[C@@]3(CCCc4cc(Cl)ccc43)COc3ccc(cc32)C(=O)NS1(=O)=O. The number of aliphatic hydroxyl groups is 1. The molecule has 6 atom stereocenters. The number of nitrogens with zero attached hydrogens (tertiary/aromatic N) is 2. The number of sulfonamides is 1. The van der Waals surface area contributed by atoms with Crippen molar-refractivity contribution in [2.45, 2.75) is 87.9 Å². The minimum atomic E-state index is -4.00. The first-order chi connectivity index (χ1) is 23.9. The van der Waals surface area contributed by atoms with Gasteiger partial charge in [-0.2, -0.15) is 0 Å². The first kappa shape index (κ1) is 35.5. The summed E-state index contributed by atoms with van der Waals surface area (Å²) in [6.07, 6.45) is 6.10. The van der Waals surface area contributed by atoms with Crippen LogP contribution in [-0.2, 0) is 31.4 Å². The van der Waals surface area contributed by atoms with Crippen molar-refractivity contribution in [1.29, 1.82) is 0 Å². The molecule has 7 rings (SSSR count). The second-order valence-corrected chi connectivity index (χ2v) is 18.0. The second-order valence-electron chi connectivity index (χ2n) is 15.6. The van der Waals surface area contributed by atoms with E-state index in [0.717, 1.165) is 37.8 Å². The van der Waals surface area contributed by atoms with Crippen molar-refractivity contribution < 1.29 is 32.6 Å². The average Bonchev–Trinajstić information content (AvgIpc) is 3.22. The number of anilines is 1. The molecule has 2 aromatic carbocycles. The van der Waals surface area contributed by atoms with Crippen LogP contribution in [0.15, 0.2) is 36.4 Å². The van der Waals surface area contributed by atoms with Crippen LogP contribution < -0.4 is 14.4 Å². The number of halogens is 1. The molecule has 2 fully saturated rings. The molecule has 10 nitrogen and oxygen atoms in total. The lowest BCUT2D eigenvalue weighted by Gasteiger charge is -2.50. The van der Waals surface area contributed by atoms with E-state index in [2.05, 4.69) is 21.8 Å². The van der Waals surface area contributed by atoms with E-state index in [1.54, 1.807) is 30.0 Å². The van der Waals surface area contributed by atoms with Gasteiger partial charge in [-0.3, -0.25) is 9.59 Å². The van der Waals surface area contributed by atoms with Gasteiger partial charge >= 0.3 is 0 Å². The number of fused-ring (bicyclic) bond motifs is 4. The van der Waals surface area contributed by atoms with Gasteiger partial charge in [0.15, 0.2) is 0 Å². The summed E-state index contributed by atoms with van der Waals surface area (Å²) in [5.41, 5.74) is 1.86. The molecule has 1 saturated carbocycles. The Morgan fingerprint density at radius 1 is 1.06 bits per heavy atom. The van der Waals surface area contributed by atoms with Crippen molar-refractivity contribution in [3.05, 3.63) is 58.1 Å². The van der Waals surface area contributed by atoms with E-state index < -0.39 is 26.8 Å². The first-order valence-corrected chi connectivity index (χ1v) is 20.2. The molecule has 0 radical (unpaired) electrons. The maximum absolute atomic E-state index is 13.7. The van der Waals surface area contributed by atoms with E-state index >= 15 is 0 Å². The third-order valence-corrected chi connectivity index (χ3v) is 14.6. The molecule has 2 N–H and O–H groups in total. The number of carbonyl (C=O) groups excluding carboxylic acids is 2. The van der Waals surface area contributed by atoms with Crippen LogP contribution in [0.4, 0.5) is 5.69 Å². The van der Waals surface area contributed by atoms with Crippen LogP contribution >= 0.6 is 11.6 Å². The fourth-order valence-electron chi connectivity index (χ4n) is 9.18. The van der Waals surface area contributed by atoms with Gasteiger partial charge in [-0.05, 0) is 111 Å². The Bertz CT molecular complexity index is 1730. The summed E-state index contributed by atoms with van der Waals surface area (Å²) in [5, 5.41) is 12.4. The van der Waals surface area contributed by atoms with E-state index in [-0.39, 0.29) is 41.1 Å². The highest BCUT2D eigenvalue weighted by atomic mass is 35.5. The summed E-state index contributed by atoms with van der Waals surface area (Å²) in [4.78, 5) is 31.3. The maximum atomic E-state index is 13.7. The Hall–Kier alpha value is -2.86. The Morgan fingerprint density at radius 2 is 1.86 bits per heavy atom. The fourth-order valence-corrected chi connectivity index (χ4v) is 10.7.